The summed E-state index contributed by atoms with van der Waals surface area (Å²) in [6.45, 7) is 0.195. The second-order valence-electron chi connectivity index (χ2n) is 1.68. The first-order chi connectivity index (χ1) is 3.62. The van der Waals surface area contributed by atoms with Crippen LogP contribution in [-0.4, -0.2) is 12.2 Å². The summed E-state index contributed by atoms with van der Waals surface area (Å²) in [4.78, 5) is 0. The lowest BCUT2D eigenvalue weighted by molar-refractivity contribution is 0.565. The van der Waals surface area contributed by atoms with Crippen LogP contribution in [-0.2, 0) is 0 Å². The first-order valence-corrected chi connectivity index (χ1v) is 2.29. The molecule has 0 aliphatic heterocycles. The summed E-state index contributed by atoms with van der Waals surface area (Å²) >= 11 is 0. The van der Waals surface area contributed by atoms with Crippen molar-refractivity contribution in [3.05, 3.63) is 12.3 Å². The van der Waals surface area contributed by atoms with Gasteiger partial charge in [-0.05, 0) is 12.3 Å². The summed E-state index contributed by atoms with van der Waals surface area (Å²) in [5.74, 6) is 0. The fourth-order valence-corrected chi connectivity index (χ4v) is 0.247. The van der Waals surface area contributed by atoms with Gasteiger partial charge in [-0.2, -0.15) is 0 Å². The maximum atomic E-state index is 5.31. The van der Waals surface area contributed by atoms with E-state index in [2.05, 4.69) is 0 Å². The number of hydrogen-bond acceptors (Lipinski definition) is 4. The fraction of sp³-hybridized carbons (Fsp3) is 0.500. The van der Waals surface area contributed by atoms with Gasteiger partial charge in [0, 0.05) is 6.54 Å². The van der Waals surface area contributed by atoms with Gasteiger partial charge in [-0.15, -0.1) is 0 Å². The minimum atomic E-state index is -0.936. The maximum absolute atomic E-state index is 5.31. The van der Waals surface area contributed by atoms with Crippen LogP contribution < -0.4 is 22.9 Å². The first-order valence-electron chi connectivity index (χ1n) is 2.29. The average Bonchev–Trinajstić information content (AvgIpc) is 1.67. The van der Waals surface area contributed by atoms with Crippen LogP contribution >= 0.6 is 0 Å². The summed E-state index contributed by atoms with van der Waals surface area (Å²) < 4.78 is 0. The molecular formula is C4H12N4. The van der Waals surface area contributed by atoms with Gasteiger partial charge in [0.1, 0.15) is 0 Å². The van der Waals surface area contributed by atoms with E-state index in [9.17, 15) is 0 Å². The normalized spacial score (nSPS) is 12.9. The molecule has 0 aromatic heterocycles. The van der Waals surface area contributed by atoms with Crippen molar-refractivity contribution in [2.75, 3.05) is 6.54 Å². The van der Waals surface area contributed by atoms with E-state index in [1.54, 1.807) is 0 Å². The molecule has 0 atom stereocenters. The van der Waals surface area contributed by atoms with Crippen molar-refractivity contribution >= 4 is 0 Å². The summed E-state index contributed by atoms with van der Waals surface area (Å²) in [7, 11) is 0. The standard InChI is InChI=1S/C4H12N4/c5-2-1-4(7,8)3-6/h1-2H,3,5-8H2/b2-1-. The summed E-state index contributed by atoms with van der Waals surface area (Å²) in [6, 6.07) is 0. The Morgan fingerprint density at radius 3 is 2.00 bits per heavy atom. The molecule has 0 spiro atoms. The molecule has 0 bridgehead atoms. The van der Waals surface area contributed by atoms with E-state index >= 15 is 0 Å². The highest BCUT2D eigenvalue weighted by molar-refractivity contribution is 4.99. The van der Waals surface area contributed by atoms with Gasteiger partial charge in [0.15, 0.2) is 0 Å². The van der Waals surface area contributed by atoms with Crippen molar-refractivity contribution in [2.45, 2.75) is 5.66 Å². The SMILES string of the molecule is N/C=C\C(N)(N)CN. The van der Waals surface area contributed by atoms with Crippen LogP contribution in [0.4, 0.5) is 0 Å². The lowest BCUT2D eigenvalue weighted by atomic mass is 10.2. The van der Waals surface area contributed by atoms with Crippen LogP contribution in [0.3, 0.4) is 0 Å². The van der Waals surface area contributed by atoms with Gasteiger partial charge in [0.25, 0.3) is 0 Å². The predicted molar refractivity (Wildman–Crippen MR) is 33.5 cm³/mol. The van der Waals surface area contributed by atoms with Crippen molar-refractivity contribution in [3.8, 4) is 0 Å². The Kier molecular flexibility index (Phi) is 2.47. The molecule has 0 aromatic carbocycles. The van der Waals surface area contributed by atoms with E-state index in [0.29, 0.717) is 0 Å². The Hall–Kier alpha value is -0.580. The maximum Gasteiger partial charge on any atom is 0.0971 e. The Morgan fingerprint density at radius 2 is 1.88 bits per heavy atom. The minimum absolute atomic E-state index is 0.195. The van der Waals surface area contributed by atoms with Crippen LogP contribution in [0.1, 0.15) is 0 Å². The number of hydrogen-bond donors (Lipinski definition) is 4. The second kappa shape index (κ2) is 2.66. The molecule has 4 heteroatoms. The third-order valence-corrected chi connectivity index (χ3v) is 0.760. The summed E-state index contributed by atoms with van der Waals surface area (Å²) in [6.07, 6.45) is 2.74. The molecule has 8 N–H and O–H groups in total. The van der Waals surface area contributed by atoms with E-state index in [0.717, 1.165) is 0 Å². The van der Waals surface area contributed by atoms with E-state index in [1.165, 1.54) is 12.3 Å². The molecule has 0 aliphatic rings. The fourth-order valence-electron chi connectivity index (χ4n) is 0.247. The number of rotatable bonds is 2. The van der Waals surface area contributed by atoms with E-state index in [4.69, 9.17) is 22.9 Å². The highest BCUT2D eigenvalue weighted by Crippen LogP contribution is 1.85. The van der Waals surface area contributed by atoms with Gasteiger partial charge in [-0.25, -0.2) is 0 Å². The molecular weight excluding hydrogens is 104 g/mol. The van der Waals surface area contributed by atoms with Crippen LogP contribution in [0, 0.1) is 0 Å². The Labute approximate surface area is 48.5 Å². The lowest BCUT2D eigenvalue weighted by Crippen LogP contribution is -2.53. The van der Waals surface area contributed by atoms with Crippen molar-refractivity contribution in [1.82, 2.24) is 0 Å². The van der Waals surface area contributed by atoms with Gasteiger partial charge in [0.2, 0.25) is 0 Å². The molecule has 0 radical (unpaired) electrons. The molecule has 0 aliphatic carbocycles. The smallest absolute Gasteiger partial charge is 0.0971 e. The number of nitrogens with two attached hydrogens (primary N) is 4. The monoisotopic (exact) mass is 116 g/mol. The quantitative estimate of drug-likeness (QED) is 0.314. The third kappa shape index (κ3) is 2.57. The molecule has 8 heavy (non-hydrogen) atoms. The van der Waals surface area contributed by atoms with Gasteiger partial charge in [0.05, 0.1) is 5.66 Å². The van der Waals surface area contributed by atoms with Crippen molar-refractivity contribution in [1.29, 1.82) is 0 Å². The van der Waals surface area contributed by atoms with Crippen molar-refractivity contribution in [2.24, 2.45) is 22.9 Å². The first kappa shape index (κ1) is 7.42. The van der Waals surface area contributed by atoms with E-state index in [1.807, 2.05) is 0 Å². The average molecular weight is 116 g/mol. The summed E-state index contributed by atoms with van der Waals surface area (Å²) in [5, 5.41) is 0. The molecule has 0 saturated heterocycles. The van der Waals surface area contributed by atoms with Gasteiger partial charge in [-0.1, -0.05) is 0 Å². The van der Waals surface area contributed by atoms with Crippen LogP contribution in [0.15, 0.2) is 12.3 Å². The zero-order chi connectivity index (χ0) is 6.62. The van der Waals surface area contributed by atoms with Crippen LogP contribution in [0.25, 0.3) is 0 Å². The summed E-state index contributed by atoms with van der Waals surface area (Å²) in [5.41, 5.74) is 19.8. The Bertz CT molecular complexity index is 86.0. The molecule has 0 saturated carbocycles. The minimum Gasteiger partial charge on any atom is -0.405 e. The zero-order valence-electron chi connectivity index (χ0n) is 4.67. The molecule has 0 fully saturated rings. The second-order valence-corrected chi connectivity index (χ2v) is 1.68. The Balaban J connectivity index is 3.71. The molecule has 0 unspecified atom stereocenters. The zero-order valence-corrected chi connectivity index (χ0v) is 4.67. The molecule has 48 valence electrons. The molecule has 0 heterocycles. The van der Waals surface area contributed by atoms with Crippen molar-refractivity contribution in [3.63, 3.8) is 0 Å². The molecule has 4 nitrogen and oxygen atoms in total. The molecule has 0 aromatic rings. The van der Waals surface area contributed by atoms with E-state index < -0.39 is 5.66 Å². The lowest BCUT2D eigenvalue weighted by Gasteiger charge is -2.15. The van der Waals surface area contributed by atoms with E-state index in [-0.39, 0.29) is 6.54 Å². The predicted octanol–water partition coefficient (Wildman–Crippen LogP) is -1.97. The highest BCUT2D eigenvalue weighted by atomic mass is 15.0. The van der Waals surface area contributed by atoms with Crippen LogP contribution in [0.5, 0.6) is 0 Å². The Morgan fingerprint density at radius 1 is 1.38 bits per heavy atom. The van der Waals surface area contributed by atoms with Crippen LogP contribution in [0.2, 0.25) is 0 Å². The van der Waals surface area contributed by atoms with Gasteiger partial charge in [-0.3, -0.25) is 0 Å². The molecule has 0 rings (SSSR count). The van der Waals surface area contributed by atoms with Gasteiger partial charge < -0.3 is 22.9 Å². The van der Waals surface area contributed by atoms with Gasteiger partial charge >= 0.3 is 0 Å². The molecule has 0 amide bonds. The third-order valence-electron chi connectivity index (χ3n) is 0.760. The van der Waals surface area contributed by atoms with Crippen molar-refractivity contribution < 1.29 is 0 Å². The largest absolute Gasteiger partial charge is 0.405 e. The topological polar surface area (TPSA) is 104 Å². The highest BCUT2D eigenvalue weighted by Gasteiger charge is 2.09.